The van der Waals surface area contributed by atoms with Crippen LogP contribution in [0.2, 0.25) is 0 Å². The summed E-state index contributed by atoms with van der Waals surface area (Å²) in [4.78, 5) is 21.3. The Bertz CT molecular complexity index is 596. The molecule has 0 unspecified atom stereocenters. The summed E-state index contributed by atoms with van der Waals surface area (Å²) in [7, 11) is 0. The van der Waals surface area contributed by atoms with E-state index in [-0.39, 0.29) is 11.5 Å². The molecule has 0 bridgehead atoms. The lowest BCUT2D eigenvalue weighted by atomic mass is 10.1. The van der Waals surface area contributed by atoms with Crippen LogP contribution in [0.1, 0.15) is 28.4 Å². The largest absolute Gasteiger partial charge is 0.295 e. The first-order valence-electron chi connectivity index (χ1n) is 6.10. The predicted octanol–water partition coefficient (Wildman–Crippen LogP) is 3.97. The van der Waals surface area contributed by atoms with Gasteiger partial charge in [-0.2, -0.15) is 0 Å². The van der Waals surface area contributed by atoms with E-state index in [1.54, 1.807) is 24.3 Å². The van der Waals surface area contributed by atoms with Crippen molar-refractivity contribution >= 4 is 23.6 Å². The van der Waals surface area contributed by atoms with E-state index >= 15 is 0 Å². The van der Waals surface area contributed by atoms with E-state index in [1.165, 1.54) is 19.1 Å². The summed E-state index contributed by atoms with van der Waals surface area (Å²) in [6.07, 6.45) is 3.76. The van der Waals surface area contributed by atoms with Gasteiger partial charge in [-0.15, -0.1) is 0 Å². The lowest BCUT2D eigenvalue weighted by Crippen LogP contribution is -1.90. The number of hydrogen-bond acceptors (Lipinski definition) is 3. The second kappa shape index (κ2) is 5.93. The maximum absolute atomic E-state index is 11.1. The smallest absolute Gasteiger partial charge is 0.269 e. The minimum absolute atomic E-state index is 0.0379. The lowest BCUT2D eigenvalue weighted by molar-refractivity contribution is -0.384. The van der Waals surface area contributed by atoms with E-state index in [2.05, 4.69) is 0 Å². The third-order valence-corrected chi connectivity index (χ3v) is 2.89. The molecule has 100 valence electrons. The maximum atomic E-state index is 11.1. The highest BCUT2D eigenvalue weighted by Crippen LogP contribution is 2.14. The fourth-order valence-electron chi connectivity index (χ4n) is 1.73. The molecule has 0 atom stereocenters. The van der Waals surface area contributed by atoms with Gasteiger partial charge in [-0.3, -0.25) is 14.9 Å². The molecule has 4 nitrogen and oxygen atoms in total. The topological polar surface area (TPSA) is 60.2 Å². The van der Waals surface area contributed by atoms with Crippen LogP contribution >= 0.6 is 0 Å². The molecule has 0 amide bonds. The van der Waals surface area contributed by atoms with Gasteiger partial charge in [-0.25, -0.2) is 0 Å². The summed E-state index contributed by atoms with van der Waals surface area (Å²) < 4.78 is 0. The second-order valence-corrected chi connectivity index (χ2v) is 4.36. The average molecular weight is 267 g/mol. The molecule has 0 aliphatic carbocycles. The van der Waals surface area contributed by atoms with Crippen molar-refractivity contribution < 1.29 is 9.72 Å². The Hall–Kier alpha value is -2.75. The van der Waals surface area contributed by atoms with Crippen molar-refractivity contribution in [3.63, 3.8) is 0 Å². The molecule has 0 saturated carbocycles. The van der Waals surface area contributed by atoms with Crippen LogP contribution in [0.25, 0.3) is 12.2 Å². The van der Waals surface area contributed by atoms with Crippen LogP contribution in [0.15, 0.2) is 48.5 Å². The fourth-order valence-corrected chi connectivity index (χ4v) is 1.73. The van der Waals surface area contributed by atoms with Gasteiger partial charge in [0.05, 0.1) is 4.92 Å². The van der Waals surface area contributed by atoms with Crippen LogP contribution in [-0.2, 0) is 0 Å². The molecule has 0 aliphatic rings. The first-order chi connectivity index (χ1) is 9.56. The van der Waals surface area contributed by atoms with Crippen molar-refractivity contribution in [2.24, 2.45) is 0 Å². The molecule has 0 heterocycles. The lowest BCUT2D eigenvalue weighted by Gasteiger charge is -1.97. The van der Waals surface area contributed by atoms with Gasteiger partial charge in [0.15, 0.2) is 5.78 Å². The highest BCUT2D eigenvalue weighted by molar-refractivity contribution is 5.94. The molecule has 0 aromatic heterocycles. The number of carbonyl (C=O) groups is 1. The summed E-state index contributed by atoms with van der Waals surface area (Å²) in [5.74, 6) is 0.0379. The Labute approximate surface area is 116 Å². The SMILES string of the molecule is CC(=O)c1ccc(C=Cc2ccc([N+](=O)[O-])cc2)cc1. The van der Waals surface area contributed by atoms with Crippen LogP contribution in [-0.4, -0.2) is 10.7 Å². The van der Waals surface area contributed by atoms with Crippen molar-refractivity contribution in [3.05, 3.63) is 75.3 Å². The number of benzene rings is 2. The van der Waals surface area contributed by atoms with Gasteiger partial charge in [-0.1, -0.05) is 36.4 Å². The predicted molar refractivity (Wildman–Crippen MR) is 78.5 cm³/mol. The van der Waals surface area contributed by atoms with E-state index in [9.17, 15) is 14.9 Å². The molecular formula is C16H13NO3. The zero-order valence-corrected chi connectivity index (χ0v) is 10.9. The van der Waals surface area contributed by atoms with E-state index in [0.29, 0.717) is 5.56 Å². The summed E-state index contributed by atoms with van der Waals surface area (Å²) in [5, 5.41) is 10.5. The van der Waals surface area contributed by atoms with Gasteiger partial charge >= 0.3 is 0 Å². The number of ketones is 1. The van der Waals surface area contributed by atoms with Crippen LogP contribution in [0.3, 0.4) is 0 Å². The van der Waals surface area contributed by atoms with Gasteiger partial charge in [0.1, 0.15) is 0 Å². The molecule has 0 radical (unpaired) electrons. The Morgan fingerprint density at radius 3 is 1.80 bits per heavy atom. The third kappa shape index (κ3) is 3.38. The van der Waals surface area contributed by atoms with Crippen LogP contribution in [0.4, 0.5) is 5.69 Å². The van der Waals surface area contributed by atoms with Gasteiger partial charge in [-0.05, 0) is 30.2 Å². The molecule has 0 fully saturated rings. The molecule has 2 aromatic rings. The molecule has 0 aliphatic heterocycles. The maximum Gasteiger partial charge on any atom is 0.269 e. The molecule has 0 spiro atoms. The average Bonchev–Trinajstić information content (AvgIpc) is 2.46. The van der Waals surface area contributed by atoms with Crippen molar-refractivity contribution in [2.75, 3.05) is 0 Å². The number of nitro groups is 1. The Morgan fingerprint density at radius 2 is 1.40 bits per heavy atom. The number of non-ortho nitro benzene ring substituents is 1. The zero-order chi connectivity index (χ0) is 14.5. The monoisotopic (exact) mass is 267 g/mol. The Balaban J connectivity index is 2.12. The normalized spacial score (nSPS) is 10.7. The second-order valence-electron chi connectivity index (χ2n) is 4.36. The molecule has 2 aromatic carbocycles. The molecule has 2 rings (SSSR count). The van der Waals surface area contributed by atoms with Crippen LogP contribution in [0, 0.1) is 10.1 Å². The number of nitro benzene ring substituents is 1. The van der Waals surface area contributed by atoms with E-state index in [4.69, 9.17) is 0 Å². The first kappa shape index (κ1) is 13.7. The number of Topliss-reactive ketones (excluding diaryl/α,β-unsaturated/α-hetero) is 1. The van der Waals surface area contributed by atoms with Gasteiger partial charge in [0.2, 0.25) is 0 Å². The number of nitrogens with zero attached hydrogens (tertiary/aromatic N) is 1. The molecule has 20 heavy (non-hydrogen) atoms. The minimum Gasteiger partial charge on any atom is -0.295 e. The summed E-state index contributed by atoms with van der Waals surface area (Å²) in [5.41, 5.74) is 2.60. The Kier molecular flexibility index (Phi) is 4.05. The fraction of sp³-hybridized carbons (Fsp3) is 0.0625. The number of hydrogen-bond donors (Lipinski definition) is 0. The zero-order valence-electron chi connectivity index (χ0n) is 10.9. The van der Waals surface area contributed by atoms with Gasteiger partial charge < -0.3 is 0 Å². The minimum atomic E-state index is -0.423. The van der Waals surface area contributed by atoms with Crippen LogP contribution < -0.4 is 0 Å². The van der Waals surface area contributed by atoms with E-state index in [0.717, 1.165) is 11.1 Å². The summed E-state index contributed by atoms with van der Waals surface area (Å²) >= 11 is 0. The molecular weight excluding hydrogens is 254 g/mol. The van der Waals surface area contributed by atoms with Crippen molar-refractivity contribution in [2.45, 2.75) is 6.92 Å². The van der Waals surface area contributed by atoms with E-state index in [1.807, 2.05) is 24.3 Å². The third-order valence-electron chi connectivity index (χ3n) is 2.89. The van der Waals surface area contributed by atoms with Crippen LogP contribution in [0.5, 0.6) is 0 Å². The van der Waals surface area contributed by atoms with Crippen molar-refractivity contribution in [1.29, 1.82) is 0 Å². The molecule has 0 N–H and O–H groups in total. The molecule has 0 saturated heterocycles. The van der Waals surface area contributed by atoms with Gasteiger partial charge in [0.25, 0.3) is 5.69 Å². The Morgan fingerprint density at radius 1 is 0.950 bits per heavy atom. The standard InChI is InChI=1S/C16H13NO3/c1-12(18)15-8-4-13(5-9-15)2-3-14-6-10-16(11-7-14)17(19)20/h2-11H,1H3. The first-order valence-corrected chi connectivity index (χ1v) is 6.10. The quantitative estimate of drug-likeness (QED) is 0.364. The van der Waals surface area contributed by atoms with Crippen molar-refractivity contribution in [3.8, 4) is 0 Å². The number of rotatable bonds is 4. The molecule has 4 heteroatoms. The van der Waals surface area contributed by atoms with Crippen molar-refractivity contribution in [1.82, 2.24) is 0 Å². The summed E-state index contributed by atoms with van der Waals surface area (Å²) in [6, 6.07) is 13.6. The highest BCUT2D eigenvalue weighted by atomic mass is 16.6. The number of carbonyl (C=O) groups excluding carboxylic acids is 1. The van der Waals surface area contributed by atoms with Gasteiger partial charge in [0, 0.05) is 17.7 Å². The van der Waals surface area contributed by atoms with E-state index < -0.39 is 4.92 Å². The summed E-state index contributed by atoms with van der Waals surface area (Å²) in [6.45, 7) is 1.53. The highest BCUT2D eigenvalue weighted by Gasteiger charge is 2.02.